The van der Waals surface area contributed by atoms with Crippen LogP contribution < -0.4 is 10.1 Å². The molecule has 7 nitrogen and oxygen atoms in total. The van der Waals surface area contributed by atoms with Gasteiger partial charge in [-0.2, -0.15) is 10.2 Å². The molecule has 0 aliphatic carbocycles. The van der Waals surface area contributed by atoms with Gasteiger partial charge in [0.1, 0.15) is 11.4 Å². The summed E-state index contributed by atoms with van der Waals surface area (Å²) in [6.07, 6.45) is 2.49. The summed E-state index contributed by atoms with van der Waals surface area (Å²) in [5.74, 6) is 0.491. The molecule has 0 saturated carbocycles. The summed E-state index contributed by atoms with van der Waals surface area (Å²) in [5.41, 5.74) is 3.35. The van der Waals surface area contributed by atoms with Gasteiger partial charge < -0.3 is 10.1 Å². The second-order valence-electron chi connectivity index (χ2n) is 6.74. The zero-order valence-corrected chi connectivity index (χ0v) is 18.9. The second kappa shape index (κ2) is 9.45. The molecule has 2 aromatic heterocycles. The molecule has 1 N–H and O–H groups in total. The predicted molar refractivity (Wildman–Crippen MR) is 115 cm³/mol. The first-order chi connectivity index (χ1) is 13.8. The maximum atomic E-state index is 12.3. The van der Waals surface area contributed by atoms with Crippen molar-refractivity contribution in [3.8, 4) is 5.75 Å². The number of rotatable bonds is 8. The van der Waals surface area contributed by atoms with Crippen molar-refractivity contribution >= 4 is 33.4 Å². The molecule has 0 unspecified atom stereocenters. The molecule has 154 valence electrons. The average Bonchev–Trinajstić information content (AvgIpc) is 3.27. The quantitative estimate of drug-likeness (QED) is 0.489. The van der Waals surface area contributed by atoms with Crippen molar-refractivity contribution in [2.24, 2.45) is 0 Å². The van der Waals surface area contributed by atoms with Crippen LogP contribution in [0.1, 0.15) is 33.9 Å². The van der Waals surface area contributed by atoms with Gasteiger partial charge in [0, 0.05) is 30.0 Å². The monoisotopic (exact) mass is 479 g/mol. The minimum absolute atomic E-state index is 0.208. The summed E-state index contributed by atoms with van der Waals surface area (Å²) in [5, 5.41) is 12.3. The number of hydrogen-bond acceptors (Lipinski definition) is 4. The lowest BCUT2D eigenvalue weighted by atomic mass is 10.2. The molecule has 0 saturated heterocycles. The number of carbonyl (C=O) groups is 1. The van der Waals surface area contributed by atoms with E-state index in [2.05, 4.69) is 31.4 Å². The van der Waals surface area contributed by atoms with Crippen LogP contribution in [0, 0.1) is 20.8 Å². The maximum absolute atomic E-state index is 12.3. The van der Waals surface area contributed by atoms with Crippen LogP contribution in [-0.4, -0.2) is 32.0 Å². The van der Waals surface area contributed by atoms with E-state index in [9.17, 15) is 4.79 Å². The standard InChI is InChI=1S/C20H23BrClN5O2/c1-13-11-16(5-6-17(13)22)29-12-26-10-7-18(25-26)20(28)23-8-4-9-27-15(3)19(21)14(2)24-27/h5-7,10-11H,4,8-9,12H2,1-3H3,(H,23,28). The summed E-state index contributed by atoms with van der Waals surface area (Å²) in [4.78, 5) is 12.3. The zero-order valence-electron chi connectivity index (χ0n) is 16.6. The van der Waals surface area contributed by atoms with Crippen LogP contribution >= 0.6 is 27.5 Å². The van der Waals surface area contributed by atoms with Crippen LogP contribution in [0.3, 0.4) is 0 Å². The molecule has 0 radical (unpaired) electrons. The first kappa shape index (κ1) is 21.4. The number of nitrogens with one attached hydrogen (secondary N) is 1. The average molecular weight is 481 g/mol. The van der Waals surface area contributed by atoms with Crippen molar-refractivity contribution in [3.05, 3.63) is 62.6 Å². The largest absolute Gasteiger partial charge is 0.471 e. The Labute approximate surface area is 183 Å². The second-order valence-corrected chi connectivity index (χ2v) is 7.94. The number of amides is 1. The van der Waals surface area contributed by atoms with Crippen LogP contribution in [0.25, 0.3) is 0 Å². The minimum Gasteiger partial charge on any atom is -0.471 e. The third-order valence-corrected chi connectivity index (χ3v) is 6.06. The normalized spacial score (nSPS) is 10.9. The van der Waals surface area contributed by atoms with Gasteiger partial charge in [-0.1, -0.05) is 11.6 Å². The van der Waals surface area contributed by atoms with Crippen molar-refractivity contribution in [2.75, 3.05) is 6.54 Å². The molecule has 1 aromatic carbocycles. The number of aryl methyl sites for hydroxylation is 3. The van der Waals surface area contributed by atoms with Gasteiger partial charge in [-0.3, -0.25) is 9.48 Å². The smallest absolute Gasteiger partial charge is 0.271 e. The highest BCUT2D eigenvalue weighted by Gasteiger charge is 2.11. The van der Waals surface area contributed by atoms with Crippen LogP contribution in [0.4, 0.5) is 0 Å². The first-order valence-electron chi connectivity index (χ1n) is 9.25. The van der Waals surface area contributed by atoms with Gasteiger partial charge in [0.2, 0.25) is 0 Å². The number of carbonyl (C=O) groups excluding carboxylic acids is 1. The summed E-state index contributed by atoms with van der Waals surface area (Å²) >= 11 is 9.53. The van der Waals surface area contributed by atoms with E-state index in [1.807, 2.05) is 31.5 Å². The molecular weight excluding hydrogens is 458 g/mol. The van der Waals surface area contributed by atoms with Crippen molar-refractivity contribution in [2.45, 2.75) is 40.5 Å². The van der Waals surface area contributed by atoms with Crippen LogP contribution in [0.5, 0.6) is 5.75 Å². The lowest BCUT2D eigenvalue weighted by Crippen LogP contribution is -2.26. The Morgan fingerprint density at radius 3 is 2.72 bits per heavy atom. The fourth-order valence-electron chi connectivity index (χ4n) is 2.82. The van der Waals surface area contributed by atoms with E-state index in [1.165, 1.54) is 0 Å². The summed E-state index contributed by atoms with van der Waals surface area (Å²) in [7, 11) is 0. The molecule has 1 amide bonds. The number of halogens is 2. The Morgan fingerprint density at radius 1 is 1.24 bits per heavy atom. The molecule has 3 aromatic rings. The van der Waals surface area contributed by atoms with Gasteiger partial charge in [-0.05, 0) is 73.0 Å². The Bertz CT molecular complexity index is 1010. The van der Waals surface area contributed by atoms with Gasteiger partial charge in [-0.15, -0.1) is 0 Å². The number of nitrogens with zero attached hydrogens (tertiary/aromatic N) is 4. The molecule has 0 aliphatic rings. The van der Waals surface area contributed by atoms with E-state index in [4.69, 9.17) is 16.3 Å². The molecular formula is C20H23BrClN5O2. The van der Waals surface area contributed by atoms with Crippen molar-refractivity contribution in [1.29, 1.82) is 0 Å². The van der Waals surface area contributed by atoms with Crippen LogP contribution in [-0.2, 0) is 13.3 Å². The Morgan fingerprint density at radius 2 is 2.03 bits per heavy atom. The fraction of sp³-hybridized carbons (Fsp3) is 0.350. The van der Waals surface area contributed by atoms with Gasteiger partial charge in [-0.25, -0.2) is 4.68 Å². The molecule has 29 heavy (non-hydrogen) atoms. The Kier molecular flexibility index (Phi) is 6.97. The van der Waals surface area contributed by atoms with E-state index in [1.54, 1.807) is 29.1 Å². The molecule has 0 spiro atoms. The molecule has 0 atom stereocenters. The van der Waals surface area contributed by atoms with E-state index in [0.29, 0.717) is 23.0 Å². The van der Waals surface area contributed by atoms with Crippen LogP contribution in [0.2, 0.25) is 5.02 Å². The van der Waals surface area contributed by atoms with E-state index in [0.717, 1.165) is 34.4 Å². The summed E-state index contributed by atoms with van der Waals surface area (Å²) in [6, 6.07) is 7.12. The highest BCUT2D eigenvalue weighted by atomic mass is 79.9. The predicted octanol–water partition coefficient (Wildman–Crippen LogP) is 4.28. The third kappa shape index (κ3) is 5.39. The molecule has 0 fully saturated rings. The molecule has 0 aliphatic heterocycles. The van der Waals surface area contributed by atoms with Crippen LogP contribution in [0.15, 0.2) is 34.9 Å². The van der Waals surface area contributed by atoms with Gasteiger partial charge in [0.15, 0.2) is 6.73 Å². The van der Waals surface area contributed by atoms with Crippen molar-refractivity contribution < 1.29 is 9.53 Å². The van der Waals surface area contributed by atoms with Gasteiger partial charge in [0.05, 0.1) is 10.2 Å². The molecule has 2 heterocycles. The lowest BCUT2D eigenvalue weighted by Gasteiger charge is -2.08. The molecule has 9 heteroatoms. The Hall–Kier alpha value is -2.32. The fourth-order valence-corrected chi connectivity index (χ4v) is 3.22. The topological polar surface area (TPSA) is 74.0 Å². The highest BCUT2D eigenvalue weighted by Crippen LogP contribution is 2.21. The molecule has 0 bridgehead atoms. The van der Waals surface area contributed by atoms with Crippen molar-refractivity contribution in [3.63, 3.8) is 0 Å². The van der Waals surface area contributed by atoms with E-state index < -0.39 is 0 Å². The van der Waals surface area contributed by atoms with Gasteiger partial charge >= 0.3 is 0 Å². The SMILES string of the molecule is Cc1cc(OCn2ccc(C(=O)NCCCn3nc(C)c(Br)c3C)n2)ccc1Cl. The maximum Gasteiger partial charge on any atom is 0.271 e. The third-order valence-electron chi connectivity index (χ3n) is 4.49. The lowest BCUT2D eigenvalue weighted by molar-refractivity contribution is 0.0945. The highest BCUT2D eigenvalue weighted by molar-refractivity contribution is 9.10. The number of hydrogen-bond donors (Lipinski definition) is 1. The number of aromatic nitrogens is 4. The zero-order chi connectivity index (χ0) is 21.0. The Balaban J connectivity index is 1.45. The van der Waals surface area contributed by atoms with Gasteiger partial charge in [0.25, 0.3) is 5.91 Å². The van der Waals surface area contributed by atoms with Crippen molar-refractivity contribution in [1.82, 2.24) is 24.9 Å². The van der Waals surface area contributed by atoms with E-state index in [-0.39, 0.29) is 12.6 Å². The summed E-state index contributed by atoms with van der Waals surface area (Å²) in [6.45, 7) is 7.39. The first-order valence-corrected chi connectivity index (χ1v) is 10.4. The number of ether oxygens (including phenoxy) is 1. The number of benzene rings is 1. The molecule has 3 rings (SSSR count). The summed E-state index contributed by atoms with van der Waals surface area (Å²) < 4.78 is 10.2. The van der Waals surface area contributed by atoms with E-state index >= 15 is 0 Å². The minimum atomic E-state index is -0.208.